The van der Waals surface area contributed by atoms with E-state index in [2.05, 4.69) is 15.1 Å². The first kappa shape index (κ1) is 8.31. The van der Waals surface area contributed by atoms with Gasteiger partial charge in [0.2, 0.25) is 5.88 Å². The van der Waals surface area contributed by atoms with Gasteiger partial charge >= 0.3 is 0 Å². The number of aromatic hydroxyl groups is 1. The molecule has 2 rings (SSSR count). The number of hydrogen-bond acceptors (Lipinski definition) is 5. The van der Waals surface area contributed by atoms with Crippen molar-refractivity contribution in [2.24, 2.45) is 0 Å². The Kier molecular flexibility index (Phi) is 2.05. The first-order valence-electron chi connectivity index (χ1n) is 3.69. The van der Waals surface area contributed by atoms with E-state index in [1.165, 1.54) is 10.8 Å². The van der Waals surface area contributed by atoms with Crippen molar-refractivity contribution < 1.29 is 5.11 Å². The number of aromatic nitrogens is 4. The summed E-state index contributed by atoms with van der Waals surface area (Å²) >= 11 is 1.64. The molecule has 2 heterocycles. The van der Waals surface area contributed by atoms with Crippen molar-refractivity contribution in [1.82, 2.24) is 19.6 Å². The summed E-state index contributed by atoms with van der Waals surface area (Å²) in [5, 5.41) is 13.3. The van der Waals surface area contributed by atoms with Crippen molar-refractivity contribution in [2.75, 3.05) is 6.26 Å². The molecule has 0 spiro atoms. The zero-order chi connectivity index (χ0) is 9.26. The number of thioether (sulfide) groups is 1. The summed E-state index contributed by atoms with van der Waals surface area (Å²) in [5.41, 5.74) is 0.811. The van der Waals surface area contributed by atoms with Crippen LogP contribution in [-0.4, -0.2) is 30.9 Å². The number of rotatable bonds is 2. The lowest BCUT2D eigenvalue weighted by molar-refractivity contribution is 0.434. The molecule has 2 aromatic rings. The zero-order valence-electron chi connectivity index (χ0n) is 7.01. The first-order chi connectivity index (χ1) is 6.31. The molecule has 0 aliphatic carbocycles. The van der Waals surface area contributed by atoms with Crippen LogP contribution in [0.3, 0.4) is 0 Å². The second kappa shape index (κ2) is 3.21. The van der Waals surface area contributed by atoms with Crippen LogP contribution in [0.4, 0.5) is 0 Å². The predicted octanol–water partition coefficient (Wildman–Crippen LogP) is 0.693. The van der Waals surface area contributed by atoms with Crippen LogP contribution in [0.25, 0.3) is 5.78 Å². The lowest BCUT2D eigenvalue weighted by Gasteiger charge is -1.99. The highest BCUT2D eigenvalue weighted by atomic mass is 32.2. The van der Waals surface area contributed by atoms with Crippen LogP contribution < -0.4 is 0 Å². The zero-order valence-corrected chi connectivity index (χ0v) is 7.82. The maximum atomic E-state index is 9.48. The minimum absolute atomic E-state index is 0.0755. The predicted molar refractivity (Wildman–Crippen MR) is 49.7 cm³/mol. The fourth-order valence-corrected chi connectivity index (χ4v) is 1.51. The first-order valence-corrected chi connectivity index (χ1v) is 5.08. The Morgan fingerprint density at radius 3 is 3.23 bits per heavy atom. The van der Waals surface area contributed by atoms with Gasteiger partial charge in [-0.05, 0) is 6.26 Å². The highest BCUT2D eigenvalue weighted by Gasteiger charge is 2.04. The van der Waals surface area contributed by atoms with E-state index in [9.17, 15) is 5.11 Å². The van der Waals surface area contributed by atoms with Gasteiger partial charge in [-0.2, -0.15) is 26.4 Å². The van der Waals surface area contributed by atoms with Gasteiger partial charge in [-0.15, -0.1) is 0 Å². The van der Waals surface area contributed by atoms with Crippen LogP contribution in [-0.2, 0) is 5.75 Å². The molecule has 0 amide bonds. The van der Waals surface area contributed by atoms with Crippen molar-refractivity contribution in [1.29, 1.82) is 0 Å². The summed E-state index contributed by atoms with van der Waals surface area (Å²) in [5.74, 6) is 1.27. The Labute approximate surface area is 78.8 Å². The fourth-order valence-electron chi connectivity index (χ4n) is 1.07. The van der Waals surface area contributed by atoms with Gasteiger partial charge in [0.1, 0.15) is 6.33 Å². The second-order valence-corrected chi connectivity index (χ2v) is 3.38. The van der Waals surface area contributed by atoms with Gasteiger partial charge in [0.05, 0.1) is 5.69 Å². The molecular weight excluding hydrogens is 188 g/mol. The molecular formula is C7H8N4OS. The smallest absolute Gasteiger partial charge is 0.255 e. The van der Waals surface area contributed by atoms with Gasteiger partial charge in [-0.1, -0.05) is 0 Å². The maximum Gasteiger partial charge on any atom is 0.255 e. The molecule has 1 N–H and O–H groups in total. The molecule has 6 heteroatoms. The molecule has 0 atom stereocenters. The van der Waals surface area contributed by atoms with Gasteiger partial charge in [-0.25, -0.2) is 4.98 Å². The molecule has 0 bridgehead atoms. The highest BCUT2D eigenvalue weighted by molar-refractivity contribution is 7.97. The normalized spacial score (nSPS) is 10.8. The SMILES string of the molecule is CSCc1cc(O)n2ncnc2n1. The summed E-state index contributed by atoms with van der Waals surface area (Å²) in [6, 6.07) is 1.60. The largest absolute Gasteiger partial charge is 0.493 e. The molecule has 13 heavy (non-hydrogen) atoms. The number of nitrogens with zero attached hydrogens (tertiary/aromatic N) is 4. The van der Waals surface area contributed by atoms with E-state index < -0.39 is 0 Å². The molecule has 0 aromatic carbocycles. The highest BCUT2D eigenvalue weighted by Crippen LogP contribution is 2.14. The average Bonchev–Trinajstić information content (AvgIpc) is 2.53. The standard InChI is InChI=1S/C7H8N4OS/c1-13-3-5-2-6(12)11-7(10-5)8-4-9-11/h2,4,12H,3H2,1H3. The van der Waals surface area contributed by atoms with E-state index in [1.807, 2.05) is 6.26 Å². The van der Waals surface area contributed by atoms with Gasteiger partial charge in [0, 0.05) is 11.8 Å². The molecule has 5 nitrogen and oxygen atoms in total. The van der Waals surface area contributed by atoms with Crippen molar-refractivity contribution in [3.8, 4) is 5.88 Å². The minimum Gasteiger partial charge on any atom is -0.493 e. The molecule has 2 aromatic heterocycles. The average molecular weight is 196 g/mol. The lowest BCUT2D eigenvalue weighted by Crippen LogP contribution is -1.95. The molecule has 0 aliphatic rings. The van der Waals surface area contributed by atoms with E-state index in [4.69, 9.17) is 0 Å². The molecule has 0 saturated carbocycles. The van der Waals surface area contributed by atoms with Crippen LogP contribution in [0, 0.1) is 0 Å². The summed E-state index contributed by atoms with van der Waals surface area (Å²) in [7, 11) is 0. The minimum atomic E-state index is 0.0755. The molecule has 0 fully saturated rings. The van der Waals surface area contributed by atoms with Crippen LogP contribution in [0.1, 0.15) is 5.69 Å². The Morgan fingerprint density at radius 1 is 1.62 bits per heavy atom. The third-order valence-corrected chi connectivity index (χ3v) is 2.16. The van der Waals surface area contributed by atoms with Crippen molar-refractivity contribution in [3.63, 3.8) is 0 Å². The third kappa shape index (κ3) is 1.44. The van der Waals surface area contributed by atoms with Crippen molar-refractivity contribution in [2.45, 2.75) is 5.75 Å². The molecule has 0 saturated heterocycles. The van der Waals surface area contributed by atoms with Gasteiger partial charge in [0.25, 0.3) is 5.78 Å². The Bertz CT molecular complexity index is 427. The van der Waals surface area contributed by atoms with Gasteiger partial charge in [-0.3, -0.25) is 0 Å². The van der Waals surface area contributed by atoms with Crippen LogP contribution in [0.2, 0.25) is 0 Å². The topological polar surface area (TPSA) is 63.3 Å². The van der Waals surface area contributed by atoms with E-state index in [-0.39, 0.29) is 5.88 Å². The van der Waals surface area contributed by atoms with Crippen molar-refractivity contribution in [3.05, 3.63) is 18.1 Å². The summed E-state index contributed by atoms with van der Waals surface area (Å²) in [6.07, 6.45) is 3.34. The summed E-state index contributed by atoms with van der Waals surface area (Å²) in [6.45, 7) is 0. The van der Waals surface area contributed by atoms with E-state index >= 15 is 0 Å². The lowest BCUT2D eigenvalue weighted by atomic mass is 10.4. The van der Waals surface area contributed by atoms with E-state index in [0.717, 1.165) is 11.4 Å². The fraction of sp³-hybridized carbons (Fsp3) is 0.286. The van der Waals surface area contributed by atoms with Gasteiger partial charge in [0.15, 0.2) is 0 Å². The molecule has 0 unspecified atom stereocenters. The third-order valence-electron chi connectivity index (χ3n) is 1.58. The maximum absolute atomic E-state index is 9.48. The van der Waals surface area contributed by atoms with Crippen LogP contribution in [0.15, 0.2) is 12.4 Å². The van der Waals surface area contributed by atoms with Crippen LogP contribution >= 0.6 is 11.8 Å². The Hall–Kier alpha value is -1.30. The van der Waals surface area contributed by atoms with Crippen LogP contribution in [0.5, 0.6) is 5.88 Å². The van der Waals surface area contributed by atoms with Gasteiger partial charge < -0.3 is 5.11 Å². The Morgan fingerprint density at radius 2 is 2.46 bits per heavy atom. The number of fused-ring (bicyclic) bond motifs is 1. The molecule has 0 radical (unpaired) electrons. The second-order valence-electron chi connectivity index (χ2n) is 2.51. The molecule has 0 aliphatic heterocycles. The Balaban J connectivity index is 2.56. The quantitative estimate of drug-likeness (QED) is 0.765. The number of hydrogen-bond donors (Lipinski definition) is 1. The van der Waals surface area contributed by atoms with E-state index in [1.54, 1.807) is 17.8 Å². The monoisotopic (exact) mass is 196 g/mol. The molecule has 68 valence electrons. The summed E-state index contributed by atoms with van der Waals surface area (Å²) in [4.78, 5) is 8.09. The van der Waals surface area contributed by atoms with E-state index in [0.29, 0.717) is 5.78 Å². The summed E-state index contributed by atoms with van der Waals surface area (Å²) < 4.78 is 1.30. The van der Waals surface area contributed by atoms with Crippen molar-refractivity contribution >= 4 is 17.5 Å².